The summed E-state index contributed by atoms with van der Waals surface area (Å²) < 4.78 is 25.2. The van der Waals surface area contributed by atoms with E-state index in [2.05, 4.69) is 5.32 Å². The van der Waals surface area contributed by atoms with Gasteiger partial charge in [-0.05, 0) is 43.3 Å². The molecule has 128 valence electrons. The van der Waals surface area contributed by atoms with E-state index in [0.717, 1.165) is 11.8 Å². The standard InChI is InChI=1S/C17H19ClN2O3S/c1-13-4-3-5-14(12-13)17(21)19-10-11-20(24(2,22)23)16-8-6-15(18)7-9-16/h3-9,12H,10-11H2,1-2H3,(H,19,21). The first-order valence-corrected chi connectivity index (χ1v) is 9.58. The first-order chi connectivity index (χ1) is 11.3. The molecule has 0 unspecified atom stereocenters. The summed E-state index contributed by atoms with van der Waals surface area (Å²) >= 11 is 5.83. The van der Waals surface area contributed by atoms with Crippen molar-refractivity contribution in [3.63, 3.8) is 0 Å². The average molecular weight is 367 g/mol. The number of hydrogen-bond acceptors (Lipinski definition) is 3. The lowest BCUT2D eigenvalue weighted by Crippen LogP contribution is -2.38. The number of benzene rings is 2. The Morgan fingerprint density at radius 2 is 1.83 bits per heavy atom. The Hall–Kier alpha value is -2.05. The topological polar surface area (TPSA) is 66.5 Å². The van der Waals surface area contributed by atoms with Crippen LogP contribution in [-0.4, -0.2) is 33.7 Å². The lowest BCUT2D eigenvalue weighted by molar-refractivity contribution is 0.0954. The molecule has 7 heteroatoms. The van der Waals surface area contributed by atoms with Gasteiger partial charge in [-0.15, -0.1) is 0 Å². The van der Waals surface area contributed by atoms with Gasteiger partial charge in [-0.2, -0.15) is 0 Å². The van der Waals surface area contributed by atoms with Crippen LogP contribution in [-0.2, 0) is 10.0 Å². The predicted molar refractivity (Wildman–Crippen MR) is 97.2 cm³/mol. The maximum absolute atomic E-state index is 12.1. The number of aryl methyl sites for hydroxylation is 1. The molecule has 24 heavy (non-hydrogen) atoms. The molecule has 2 aromatic carbocycles. The van der Waals surface area contributed by atoms with Gasteiger partial charge in [0.1, 0.15) is 0 Å². The number of nitrogens with zero attached hydrogens (tertiary/aromatic N) is 1. The highest BCUT2D eigenvalue weighted by Gasteiger charge is 2.17. The number of amides is 1. The molecule has 1 amide bonds. The van der Waals surface area contributed by atoms with Crippen molar-refractivity contribution in [3.8, 4) is 0 Å². The number of carbonyl (C=O) groups excluding carboxylic acids is 1. The monoisotopic (exact) mass is 366 g/mol. The molecule has 2 aromatic rings. The third-order valence-electron chi connectivity index (χ3n) is 3.40. The zero-order chi connectivity index (χ0) is 17.7. The van der Waals surface area contributed by atoms with Gasteiger partial charge in [-0.25, -0.2) is 8.42 Å². The van der Waals surface area contributed by atoms with Crippen LogP contribution in [0, 0.1) is 6.92 Å². The lowest BCUT2D eigenvalue weighted by atomic mass is 10.1. The maximum atomic E-state index is 12.1. The molecule has 0 saturated carbocycles. The molecule has 0 aliphatic heterocycles. The van der Waals surface area contributed by atoms with Gasteiger partial charge >= 0.3 is 0 Å². The number of rotatable bonds is 6. The van der Waals surface area contributed by atoms with E-state index in [0.29, 0.717) is 16.3 Å². The van der Waals surface area contributed by atoms with Gasteiger partial charge in [0.15, 0.2) is 0 Å². The molecule has 0 saturated heterocycles. The van der Waals surface area contributed by atoms with Gasteiger partial charge in [0.25, 0.3) is 5.91 Å². The molecule has 0 bridgehead atoms. The molecule has 0 spiro atoms. The zero-order valence-corrected chi connectivity index (χ0v) is 15.1. The van der Waals surface area contributed by atoms with Crippen molar-refractivity contribution in [1.29, 1.82) is 0 Å². The van der Waals surface area contributed by atoms with Crippen molar-refractivity contribution in [2.45, 2.75) is 6.92 Å². The van der Waals surface area contributed by atoms with Crippen molar-refractivity contribution in [3.05, 3.63) is 64.7 Å². The first kappa shape index (κ1) is 18.3. The van der Waals surface area contributed by atoms with Crippen LogP contribution in [0.3, 0.4) is 0 Å². The molecular formula is C17H19ClN2O3S. The van der Waals surface area contributed by atoms with E-state index in [4.69, 9.17) is 11.6 Å². The maximum Gasteiger partial charge on any atom is 0.251 e. The van der Waals surface area contributed by atoms with E-state index >= 15 is 0 Å². The minimum absolute atomic E-state index is 0.137. The number of sulfonamides is 1. The number of halogens is 1. The van der Waals surface area contributed by atoms with Gasteiger partial charge in [0.05, 0.1) is 18.5 Å². The first-order valence-electron chi connectivity index (χ1n) is 7.35. The van der Waals surface area contributed by atoms with Gasteiger partial charge in [0.2, 0.25) is 10.0 Å². The highest BCUT2D eigenvalue weighted by atomic mass is 35.5. The molecule has 0 fully saturated rings. The Kier molecular flexibility index (Phi) is 5.85. The molecule has 0 aliphatic carbocycles. The predicted octanol–water partition coefficient (Wildman–Crippen LogP) is 2.84. The van der Waals surface area contributed by atoms with E-state index in [1.165, 1.54) is 4.31 Å². The van der Waals surface area contributed by atoms with Crippen LogP contribution in [0.25, 0.3) is 0 Å². The SMILES string of the molecule is Cc1cccc(C(=O)NCCN(c2ccc(Cl)cc2)S(C)(=O)=O)c1. The van der Waals surface area contributed by atoms with Crippen LogP contribution in [0.5, 0.6) is 0 Å². The summed E-state index contributed by atoms with van der Waals surface area (Å²) in [5.74, 6) is -0.233. The van der Waals surface area contributed by atoms with Crippen LogP contribution in [0.15, 0.2) is 48.5 Å². The molecule has 5 nitrogen and oxygen atoms in total. The largest absolute Gasteiger partial charge is 0.350 e. The van der Waals surface area contributed by atoms with Gasteiger partial charge in [-0.1, -0.05) is 29.3 Å². The highest BCUT2D eigenvalue weighted by molar-refractivity contribution is 7.92. The third kappa shape index (κ3) is 4.97. The fourth-order valence-electron chi connectivity index (χ4n) is 2.25. The molecular weight excluding hydrogens is 348 g/mol. The summed E-state index contributed by atoms with van der Waals surface area (Å²) in [7, 11) is -3.46. The van der Waals surface area contributed by atoms with E-state index in [1.54, 1.807) is 42.5 Å². The van der Waals surface area contributed by atoms with Crippen LogP contribution < -0.4 is 9.62 Å². The van der Waals surface area contributed by atoms with Crippen molar-refractivity contribution in [2.75, 3.05) is 23.7 Å². The second-order valence-electron chi connectivity index (χ2n) is 5.44. The van der Waals surface area contributed by atoms with Crippen LogP contribution >= 0.6 is 11.6 Å². The molecule has 2 rings (SSSR count). The van der Waals surface area contributed by atoms with E-state index in [1.807, 2.05) is 13.0 Å². The van der Waals surface area contributed by atoms with Crippen LogP contribution in [0.2, 0.25) is 5.02 Å². The zero-order valence-electron chi connectivity index (χ0n) is 13.5. The summed E-state index contributed by atoms with van der Waals surface area (Å²) in [6.07, 6.45) is 1.13. The smallest absolute Gasteiger partial charge is 0.251 e. The molecule has 0 heterocycles. The Morgan fingerprint density at radius 1 is 1.17 bits per heavy atom. The Balaban J connectivity index is 2.04. The molecule has 0 atom stereocenters. The fourth-order valence-corrected chi connectivity index (χ4v) is 3.31. The number of anilines is 1. The average Bonchev–Trinajstić information content (AvgIpc) is 2.51. The molecule has 1 N–H and O–H groups in total. The van der Waals surface area contributed by atoms with Gasteiger partial charge in [-0.3, -0.25) is 9.10 Å². The lowest BCUT2D eigenvalue weighted by Gasteiger charge is -2.22. The number of hydrogen-bond donors (Lipinski definition) is 1. The van der Waals surface area contributed by atoms with E-state index < -0.39 is 10.0 Å². The van der Waals surface area contributed by atoms with Crippen molar-refractivity contribution in [2.24, 2.45) is 0 Å². The Labute approximate surface area is 147 Å². The van der Waals surface area contributed by atoms with E-state index in [-0.39, 0.29) is 19.0 Å². The van der Waals surface area contributed by atoms with Crippen molar-refractivity contribution in [1.82, 2.24) is 5.32 Å². The van der Waals surface area contributed by atoms with Crippen molar-refractivity contribution < 1.29 is 13.2 Å². The van der Waals surface area contributed by atoms with Crippen LogP contribution in [0.4, 0.5) is 5.69 Å². The summed E-state index contributed by atoms with van der Waals surface area (Å²) in [6, 6.07) is 13.7. The Bertz CT molecular complexity index is 820. The quantitative estimate of drug-likeness (QED) is 0.854. The Morgan fingerprint density at radius 3 is 2.42 bits per heavy atom. The normalized spacial score (nSPS) is 11.1. The van der Waals surface area contributed by atoms with Crippen molar-refractivity contribution >= 4 is 33.2 Å². The molecule has 0 radical (unpaired) electrons. The van der Waals surface area contributed by atoms with Crippen LogP contribution in [0.1, 0.15) is 15.9 Å². The van der Waals surface area contributed by atoms with E-state index in [9.17, 15) is 13.2 Å². The number of carbonyl (C=O) groups is 1. The second kappa shape index (κ2) is 7.68. The minimum atomic E-state index is -3.46. The number of nitrogens with one attached hydrogen (secondary N) is 1. The summed E-state index contributed by atoms with van der Waals surface area (Å²) in [4.78, 5) is 12.1. The molecule has 0 aromatic heterocycles. The van der Waals surface area contributed by atoms with Gasteiger partial charge in [0, 0.05) is 17.1 Å². The van der Waals surface area contributed by atoms with Gasteiger partial charge < -0.3 is 5.32 Å². The second-order valence-corrected chi connectivity index (χ2v) is 7.78. The highest BCUT2D eigenvalue weighted by Crippen LogP contribution is 2.19. The molecule has 0 aliphatic rings. The summed E-state index contributed by atoms with van der Waals surface area (Å²) in [5, 5.41) is 3.27. The third-order valence-corrected chi connectivity index (χ3v) is 4.84. The minimum Gasteiger partial charge on any atom is -0.350 e. The summed E-state index contributed by atoms with van der Waals surface area (Å²) in [5.41, 5.74) is 2.04. The fraction of sp³-hybridized carbons (Fsp3) is 0.235. The summed E-state index contributed by atoms with van der Waals surface area (Å²) in [6.45, 7) is 2.24.